The zero-order chi connectivity index (χ0) is 25.6. The summed E-state index contributed by atoms with van der Waals surface area (Å²) in [6.45, 7) is 2.84. The standard InChI is InChI=1S/C27H33F2N5O2S/c1-33-15-21-20(3-2-4-22(21)32-33)25(35)30-18-7-5-17(6-8-18)9-11-34-12-10-24-23(16-34)31-26(37-24)36-19-13-27(28,29)14-19/h2-4,15,17-19H,5-14,16H2,1H3,(H,30,35)/t17-,18-. The van der Waals surface area contributed by atoms with E-state index in [4.69, 9.17) is 4.74 Å². The number of ether oxygens (including phenoxy) is 1. The molecule has 3 aromatic rings. The summed E-state index contributed by atoms with van der Waals surface area (Å²) in [7, 11) is 1.87. The van der Waals surface area contributed by atoms with Gasteiger partial charge in [0, 0.05) is 55.5 Å². The van der Waals surface area contributed by atoms with Crippen LogP contribution in [0.1, 0.15) is 65.9 Å². The van der Waals surface area contributed by atoms with Crippen molar-refractivity contribution in [1.82, 2.24) is 25.0 Å². The zero-order valence-corrected chi connectivity index (χ0v) is 21.9. The Morgan fingerprint density at radius 3 is 2.84 bits per heavy atom. The Hall–Kier alpha value is -2.59. The fraction of sp³-hybridized carbons (Fsp3) is 0.593. The predicted octanol–water partition coefficient (Wildman–Crippen LogP) is 4.94. The van der Waals surface area contributed by atoms with Crippen LogP contribution in [0, 0.1) is 5.92 Å². The van der Waals surface area contributed by atoms with Gasteiger partial charge in [0.05, 0.1) is 16.8 Å². The molecular weight excluding hydrogens is 496 g/mol. The highest BCUT2D eigenvalue weighted by Crippen LogP contribution is 2.41. The highest BCUT2D eigenvalue weighted by molar-refractivity contribution is 7.13. The first-order valence-electron chi connectivity index (χ1n) is 13.3. The quantitative estimate of drug-likeness (QED) is 0.469. The summed E-state index contributed by atoms with van der Waals surface area (Å²) >= 11 is 1.52. The number of hydrogen-bond acceptors (Lipinski definition) is 6. The third kappa shape index (κ3) is 5.50. The molecule has 0 bridgehead atoms. The van der Waals surface area contributed by atoms with E-state index in [1.54, 1.807) is 4.68 Å². The summed E-state index contributed by atoms with van der Waals surface area (Å²) < 4.78 is 33.6. The SMILES string of the molecule is Cn1cc2c(C(=O)N[C@H]3CC[C@H](CCN4CCc5sc(OC6CC(F)(F)C6)nc5C4)CC3)cccc2n1. The topological polar surface area (TPSA) is 72.3 Å². The van der Waals surface area contributed by atoms with Crippen molar-refractivity contribution in [3.8, 4) is 5.19 Å². The normalized spacial score (nSPS) is 24.0. The van der Waals surface area contributed by atoms with E-state index < -0.39 is 12.0 Å². The second kappa shape index (κ2) is 9.94. The first-order chi connectivity index (χ1) is 17.8. The van der Waals surface area contributed by atoms with Gasteiger partial charge in [-0.25, -0.2) is 13.8 Å². The summed E-state index contributed by atoms with van der Waals surface area (Å²) in [5.41, 5.74) is 2.58. The molecule has 2 aromatic heterocycles. The van der Waals surface area contributed by atoms with E-state index in [0.29, 0.717) is 16.7 Å². The Labute approximate surface area is 219 Å². The average molecular weight is 530 g/mol. The van der Waals surface area contributed by atoms with E-state index in [-0.39, 0.29) is 24.8 Å². The molecule has 0 atom stereocenters. The van der Waals surface area contributed by atoms with Gasteiger partial charge in [0.2, 0.25) is 0 Å². The zero-order valence-electron chi connectivity index (χ0n) is 21.1. The second-order valence-electron chi connectivity index (χ2n) is 10.9. The molecule has 2 saturated carbocycles. The third-order valence-corrected chi connectivity index (χ3v) is 9.10. The molecule has 1 aliphatic heterocycles. The number of benzene rings is 1. The fourth-order valence-electron chi connectivity index (χ4n) is 5.89. The molecule has 198 valence electrons. The number of fused-ring (bicyclic) bond motifs is 2. The van der Waals surface area contributed by atoms with Crippen LogP contribution in [0.4, 0.5) is 8.78 Å². The first-order valence-corrected chi connectivity index (χ1v) is 14.1. The van der Waals surface area contributed by atoms with Crippen LogP contribution in [0.3, 0.4) is 0 Å². The average Bonchev–Trinajstić information content (AvgIpc) is 3.43. The second-order valence-corrected chi connectivity index (χ2v) is 11.9. The highest BCUT2D eigenvalue weighted by atomic mass is 32.1. The summed E-state index contributed by atoms with van der Waals surface area (Å²) in [6, 6.07) is 5.91. The van der Waals surface area contributed by atoms with Crippen LogP contribution in [0.2, 0.25) is 0 Å². The number of amides is 1. The molecule has 3 heterocycles. The number of alkyl halides is 2. The summed E-state index contributed by atoms with van der Waals surface area (Å²) in [5, 5.41) is 9.10. The van der Waals surface area contributed by atoms with E-state index in [1.807, 2.05) is 31.4 Å². The number of rotatable bonds is 7. The summed E-state index contributed by atoms with van der Waals surface area (Å²) in [5.74, 6) is -1.91. The molecule has 0 saturated heterocycles. The van der Waals surface area contributed by atoms with E-state index in [2.05, 4.69) is 20.3 Å². The van der Waals surface area contributed by atoms with E-state index >= 15 is 0 Å². The van der Waals surface area contributed by atoms with Crippen molar-refractivity contribution in [2.75, 3.05) is 13.1 Å². The molecule has 10 heteroatoms. The van der Waals surface area contributed by atoms with Gasteiger partial charge in [0.25, 0.3) is 17.0 Å². The molecule has 1 amide bonds. The maximum absolute atomic E-state index is 13.1. The smallest absolute Gasteiger partial charge is 0.273 e. The van der Waals surface area contributed by atoms with Crippen molar-refractivity contribution >= 4 is 28.1 Å². The van der Waals surface area contributed by atoms with Crippen LogP contribution >= 0.6 is 11.3 Å². The van der Waals surface area contributed by atoms with Crippen LogP contribution in [0.25, 0.3) is 10.9 Å². The van der Waals surface area contributed by atoms with Crippen molar-refractivity contribution in [2.24, 2.45) is 13.0 Å². The maximum atomic E-state index is 13.1. The molecule has 0 unspecified atom stereocenters. The van der Waals surface area contributed by atoms with Crippen LogP contribution in [0.15, 0.2) is 24.4 Å². The van der Waals surface area contributed by atoms with Gasteiger partial charge < -0.3 is 10.1 Å². The van der Waals surface area contributed by atoms with Gasteiger partial charge in [-0.2, -0.15) is 5.10 Å². The van der Waals surface area contributed by atoms with Gasteiger partial charge in [-0.3, -0.25) is 14.4 Å². The number of halogens is 2. The molecule has 2 fully saturated rings. The van der Waals surface area contributed by atoms with Crippen LogP contribution in [0.5, 0.6) is 5.19 Å². The molecule has 0 spiro atoms. The van der Waals surface area contributed by atoms with Crippen LogP contribution < -0.4 is 10.1 Å². The maximum Gasteiger partial charge on any atom is 0.273 e. The van der Waals surface area contributed by atoms with E-state index in [0.717, 1.165) is 74.8 Å². The fourth-order valence-corrected chi connectivity index (χ4v) is 6.86. The van der Waals surface area contributed by atoms with Crippen molar-refractivity contribution in [3.05, 3.63) is 40.5 Å². The lowest BCUT2D eigenvalue weighted by molar-refractivity contribution is -0.134. The van der Waals surface area contributed by atoms with E-state index in [1.165, 1.54) is 16.2 Å². The molecule has 2 aliphatic carbocycles. The van der Waals surface area contributed by atoms with Crippen LogP contribution in [-0.2, 0) is 20.0 Å². The number of nitrogens with zero attached hydrogens (tertiary/aromatic N) is 4. The molecule has 6 rings (SSSR count). The van der Waals surface area contributed by atoms with Crippen molar-refractivity contribution < 1.29 is 18.3 Å². The van der Waals surface area contributed by atoms with Gasteiger partial charge in [-0.05, 0) is 63.1 Å². The van der Waals surface area contributed by atoms with Crippen molar-refractivity contribution in [2.45, 2.75) is 76.0 Å². The molecule has 0 radical (unpaired) electrons. The monoisotopic (exact) mass is 529 g/mol. The van der Waals surface area contributed by atoms with Gasteiger partial charge in [-0.15, -0.1) is 0 Å². The molecule has 37 heavy (non-hydrogen) atoms. The minimum absolute atomic E-state index is 0.0104. The Balaban J connectivity index is 0.943. The lowest BCUT2D eigenvalue weighted by Gasteiger charge is -2.33. The van der Waals surface area contributed by atoms with Gasteiger partial charge in [-0.1, -0.05) is 17.4 Å². The first kappa shape index (κ1) is 24.7. The largest absolute Gasteiger partial charge is 0.466 e. The number of aryl methyl sites for hydroxylation is 1. The highest BCUT2D eigenvalue weighted by Gasteiger charge is 2.47. The van der Waals surface area contributed by atoms with Crippen LogP contribution in [-0.4, -0.2) is 56.7 Å². The number of carbonyl (C=O) groups excluding carboxylic acids is 1. The predicted molar refractivity (Wildman–Crippen MR) is 138 cm³/mol. The van der Waals surface area contributed by atoms with Crippen molar-refractivity contribution in [3.63, 3.8) is 0 Å². The molecule has 1 N–H and O–H groups in total. The molecule has 7 nitrogen and oxygen atoms in total. The Morgan fingerprint density at radius 1 is 1.24 bits per heavy atom. The molecule has 1 aromatic carbocycles. The summed E-state index contributed by atoms with van der Waals surface area (Å²) in [4.78, 5) is 21.3. The minimum Gasteiger partial charge on any atom is -0.466 e. The number of aromatic nitrogens is 3. The third-order valence-electron chi connectivity index (χ3n) is 8.05. The lowest BCUT2D eigenvalue weighted by atomic mass is 9.84. The van der Waals surface area contributed by atoms with E-state index in [9.17, 15) is 13.6 Å². The molecular formula is C27H33F2N5O2S. The number of hydrogen-bond donors (Lipinski definition) is 1. The van der Waals surface area contributed by atoms with Gasteiger partial charge in [0.1, 0.15) is 6.10 Å². The Kier molecular flexibility index (Phi) is 6.65. The van der Waals surface area contributed by atoms with Gasteiger partial charge >= 0.3 is 0 Å². The molecule has 3 aliphatic rings. The Morgan fingerprint density at radius 2 is 2.05 bits per heavy atom. The lowest BCUT2D eigenvalue weighted by Crippen LogP contribution is -2.43. The van der Waals surface area contributed by atoms with Gasteiger partial charge in [0.15, 0.2) is 0 Å². The number of carbonyl (C=O) groups is 1. The summed E-state index contributed by atoms with van der Waals surface area (Å²) in [6.07, 6.45) is 7.47. The van der Waals surface area contributed by atoms with Crippen molar-refractivity contribution in [1.29, 1.82) is 0 Å². The number of thiazole rings is 1. The Bertz CT molecular complexity index is 1280. The minimum atomic E-state index is -2.57. The number of nitrogens with one attached hydrogen (secondary N) is 1.